The number of amides is 2. The van der Waals surface area contributed by atoms with Crippen molar-refractivity contribution in [1.29, 1.82) is 0 Å². The molecule has 1 atom stereocenters. The Hall–Kier alpha value is -3.34. The Balaban J connectivity index is 1.46. The minimum absolute atomic E-state index is 0.140. The van der Waals surface area contributed by atoms with E-state index in [4.69, 9.17) is 11.6 Å². The lowest BCUT2D eigenvalue weighted by Crippen LogP contribution is -2.26. The number of nitrogens with zero attached hydrogens (tertiary/aromatic N) is 4. The van der Waals surface area contributed by atoms with E-state index < -0.39 is 28.8 Å². The number of aromatic nitrogens is 4. The minimum Gasteiger partial charge on any atom is -0.324 e. The molecule has 0 spiro atoms. The summed E-state index contributed by atoms with van der Waals surface area (Å²) in [5.41, 5.74) is 0.204. The van der Waals surface area contributed by atoms with Crippen molar-refractivity contribution in [1.82, 2.24) is 19.6 Å². The third-order valence-corrected chi connectivity index (χ3v) is 5.60. The number of nitrogens with one attached hydrogen (secondary N) is 2. The summed E-state index contributed by atoms with van der Waals surface area (Å²) in [6.07, 6.45) is -1.67. The summed E-state index contributed by atoms with van der Waals surface area (Å²) < 4.78 is 42.4. The van der Waals surface area contributed by atoms with Gasteiger partial charge in [-0.2, -0.15) is 23.4 Å². The summed E-state index contributed by atoms with van der Waals surface area (Å²) in [5, 5.41) is 12.5. The fourth-order valence-electron chi connectivity index (χ4n) is 3.35. The van der Waals surface area contributed by atoms with Crippen LogP contribution in [-0.4, -0.2) is 31.4 Å². The van der Waals surface area contributed by atoms with Crippen molar-refractivity contribution in [3.63, 3.8) is 0 Å². The highest BCUT2D eigenvalue weighted by Crippen LogP contribution is 2.47. The van der Waals surface area contributed by atoms with E-state index in [0.717, 1.165) is 4.68 Å². The number of alkyl halides is 3. The van der Waals surface area contributed by atoms with Crippen LogP contribution in [0.5, 0.6) is 0 Å². The van der Waals surface area contributed by atoms with Crippen LogP contribution in [0.4, 0.5) is 24.5 Å². The number of hydrogen-bond donors (Lipinski definition) is 2. The Morgan fingerprint density at radius 1 is 1.09 bits per heavy atom. The fourth-order valence-corrected chi connectivity index (χ4v) is 3.74. The van der Waals surface area contributed by atoms with Gasteiger partial charge in [-0.25, -0.2) is 0 Å². The van der Waals surface area contributed by atoms with Gasteiger partial charge in [0.2, 0.25) is 5.91 Å². The van der Waals surface area contributed by atoms with Gasteiger partial charge in [0.25, 0.3) is 5.91 Å². The predicted octanol–water partition coefficient (Wildman–Crippen LogP) is 4.62. The van der Waals surface area contributed by atoms with E-state index in [-0.39, 0.29) is 23.2 Å². The first-order valence-corrected chi connectivity index (χ1v) is 10.5. The molecule has 1 aromatic carbocycles. The normalized spacial score (nSPS) is 14.7. The molecule has 8 nitrogen and oxygen atoms in total. The molecule has 0 radical (unpaired) electrons. The van der Waals surface area contributed by atoms with Crippen LogP contribution < -0.4 is 10.6 Å². The van der Waals surface area contributed by atoms with Gasteiger partial charge in [0.15, 0.2) is 11.4 Å². The third-order valence-electron chi connectivity index (χ3n) is 5.22. The molecule has 2 amide bonds. The van der Waals surface area contributed by atoms with Crippen molar-refractivity contribution in [2.75, 3.05) is 10.6 Å². The zero-order valence-corrected chi connectivity index (χ0v) is 18.4. The zero-order valence-electron chi connectivity index (χ0n) is 17.7. The molecular formula is C21H20ClF3N6O2. The average molecular weight is 481 g/mol. The number of rotatable bonds is 6. The maximum absolute atomic E-state index is 13.3. The lowest BCUT2D eigenvalue weighted by atomic mass is 10.2. The highest BCUT2D eigenvalue weighted by Gasteiger charge is 2.43. The molecule has 1 aliphatic rings. The van der Waals surface area contributed by atoms with Crippen LogP contribution in [0.3, 0.4) is 0 Å². The molecule has 174 valence electrons. The Bertz CT molecular complexity index is 1200. The van der Waals surface area contributed by atoms with Crippen molar-refractivity contribution in [2.45, 2.75) is 37.9 Å². The molecule has 33 heavy (non-hydrogen) atoms. The van der Waals surface area contributed by atoms with Crippen LogP contribution in [0.1, 0.15) is 53.6 Å². The summed E-state index contributed by atoms with van der Waals surface area (Å²) in [7, 11) is 1.70. The largest absolute Gasteiger partial charge is 0.436 e. The molecule has 0 saturated heterocycles. The zero-order chi connectivity index (χ0) is 23.9. The molecule has 1 saturated carbocycles. The smallest absolute Gasteiger partial charge is 0.324 e. The summed E-state index contributed by atoms with van der Waals surface area (Å²) in [4.78, 5) is 24.9. The lowest BCUT2D eigenvalue weighted by molar-refractivity contribution is -0.141. The van der Waals surface area contributed by atoms with E-state index >= 15 is 0 Å². The van der Waals surface area contributed by atoms with Gasteiger partial charge < -0.3 is 10.6 Å². The van der Waals surface area contributed by atoms with Gasteiger partial charge in [-0.1, -0.05) is 11.6 Å². The molecule has 4 rings (SSSR count). The molecule has 2 aromatic heterocycles. The van der Waals surface area contributed by atoms with Crippen LogP contribution in [-0.2, 0) is 18.0 Å². The van der Waals surface area contributed by atoms with Crippen LogP contribution in [0.2, 0.25) is 5.02 Å². The van der Waals surface area contributed by atoms with Crippen molar-refractivity contribution < 1.29 is 22.8 Å². The monoisotopic (exact) mass is 480 g/mol. The van der Waals surface area contributed by atoms with E-state index in [2.05, 4.69) is 20.8 Å². The highest BCUT2D eigenvalue weighted by molar-refractivity contribution is 6.32. The predicted molar refractivity (Wildman–Crippen MR) is 115 cm³/mol. The summed E-state index contributed by atoms with van der Waals surface area (Å²) in [6, 6.07) is 6.87. The van der Waals surface area contributed by atoms with Gasteiger partial charge in [-0.3, -0.25) is 19.0 Å². The van der Waals surface area contributed by atoms with Crippen LogP contribution in [0.25, 0.3) is 0 Å². The van der Waals surface area contributed by atoms with Crippen molar-refractivity contribution >= 4 is 34.8 Å². The molecule has 1 unspecified atom stereocenters. The van der Waals surface area contributed by atoms with Crippen molar-refractivity contribution in [3.8, 4) is 0 Å². The van der Waals surface area contributed by atoms with E-state index in [9.17, 15) is 22.8 Å². The van der Waals surface area contributed by atoms with Crippen molar-refractivity contribution in [2.24, 2.45) is 7.05 Å². The van der Waals surface area contributed by atoms with Gasteiger partial charge >= 0.3 is 6.18 Å². The molecule has 1 fully saturated rings. The number of carbonyl (C=O) groups is 2. The molecule has 0 aliphatic heterocycles. The first kappa shape index (κ1) is 22.8. The number of carbonyl (C=O) groups excluding carboxylic acids is 2. The van der Waals surface area contributed by atoms with Gasteiger partial charge in [0.1, 0.15) is 6.04 Å². The van der Waals surface area contributed by atoms with Gasteiger partial charge in [-0.15, -0.1) is 0 Å². The Labute approximate surface area is 191 Å². The van der Waals surface area contributed by atoms with Gasteiger partial charge in [0.05, 0.1) is 10.7 Å². The van der Waals surface area contributed by atoms with E-state index in [0.29, 0.717) is 24.2 Å². The molecule has 2 N–H and O–H groups in total. The molecule has 0 bridgehead atoms. The molecule has 3 aromatic rings. The summed E-state index contributed by atoms with van der Waals surface area (Å²) >= 11 is 5.99. The average Bonchev–Trinajstić information content (AvgIpc) is 3.38. The van der Waals surface area contributed by atoms with E-state index in [1.165, 1.54) is 11.6 Å². The highest BCUT2D eigenvalue weighted by atomic mass is 35.5. The fraction of sp³-hybridized carbons (Fsp3) is 0.333. The Kier molecular flexibility index (Phi) is 5.91. The number of anilines is 2. The van der Waals surface area contributed by atoms with Gasteiger partial charge in [0, 0.05) is 30.5 Å². The van der Waals surface area contributed by atoms with Gasteiger partial charge in [-0.05, 0) is 50.1 Å². The molecule has 12 heteroatoms. The summed E-state index contributed by atoms with van der Waals surface area (Å²) in [6.45, 7) is 1.46. The van der Waals surface area contributed by atoms with E-state index in [1.54, 1.807) is 43.6 Å². The topological polar surface area (TPSA) is 93.8 Å². The Morgan fingerprint density at radius 3 is 2.21 bits per heavy atom. The standard InChI is InChI=1S/C21H20ClF3N6O2/c1-11(31-17(12-3-4-12)16(22)18(29-31)21(23,24)25)19(32)26-13-5-7-14(8-6-13)27-20(33)15-9-10-30(2)28-15/h5-12H,3-4H2,1-2H3,(H,26,32)(H,27,33). The Morgan fingerprint density at radius 2 is 1.70 bits per heavy atom. The summed E-state index contributed by atoms with van der Waals surface area (Å²) in [5.74, 6) is -1.07. The first-order valence-electron chi connectivity index (χ1n) is 10.1. The van der Waals surface area contributed by atoms with E-state index in [1.807, 2.05) is 0 Å². The second-order valence-corrected chi connectivity index (χ2v) is 8.21. The number of aryl methyl sites for hydroxylation is 1. The third kappa shape index (κ3) is 4.87. The van der Waals surface area contributed by atoms with Crippen LogP contribution in [0, 0.1) is 0 Å². The maximum Gasteiger partial charge on any atom is 0.436 e. The number of hydrogen-bond acceptors (Lipinski definition) is 4. The molecular weight excluding hydrogens is 461 g/mol. The lowest BCUT2D eigenvalue weighted by Gasteiger charge is -2.16. The molecule has 1 aliphatic carbocycles. The quantitative estimate of drug-likeness (QED) is 0.538. The number of benzene rings is 1. The van der Waals surface area contributed by atoms with Crippen LogP contribution >= 0.6 is 11.6 Å². The first-order chi connectivity index (χ1) is 15.5. The minimum atomic E-state index is -4.71. The molecule has 2 heterocycles. The van der Waals surface area contributed by atoms with Crippen LogP contribution in [0.15, 0.2) is 36.5 Å². The SMILES string of the molecule is CC(C(=O)Nc1ccc(NC(=O)c2ccn(C)n2)cc1)n1nc(C(F)(F)F)c(Cl)c1C1CC1. The second-order valence-electron chi connectivity index (χ2n) is 7.84. The second kappa shape index (κ2) is 8.54. The van der Waals surface area contributed by atoms with Crippen molar-refractivity contribution in [3.05, 3.63) is 58.6 Å². The maximum atomic E-state index is 13.3. The number of halogens is 4.